The van der Waals surface area contributed by atoms with Crippen LogP contribution in [0.5, 0.6) is 0 Å². The third-order valence-electron chi connectivity index (χ3n) is 13.1. The van der Waals surface area contributed by atoms with Crippen molar-refractivity contribution in [2.24, 2.45) is 0 Å². The van der Waals surface area contributed by atoms with Crippen LogP contribution in [0.4, 0.5) is 0 Å². The van der Waals surface area contributed by atoms with Crippen molar-refractivity contribution in [2.75, 3.05) is 0 Å². The summed E-state index contributed by atoms with van der Waals surface area (Å²) in [6.45, 7) is 0. The smallest absolute Gasteiger partial charge is 0.00255 e. The Morgan fingerprint density at radius 3 is 0.667 bits per heavy atom. The fraction of sp³-hybridized carbons (Fsp3) is 0. The largest absolute Gasteiger partial charge is 0.0616 e. The highest BCUT2D eigenvalue weighted by molar-refractivity contribution is 6.35. The lowest BCUT2D eigenvalue weighted by atomic mass is 9.82. The predicted molar refractivity (Wildman–Crippen MR) is 259 cm³/mol. The lowest BCUT2D eigenvalue weighted by molar-refractivity contribution is 1.67. The maximum Gasteiger partial charge on any atom is -0.00255 e. The van der Waals surface area contributed by atoms with Gasteiger partial charge in [-0.3, -0.25) is 0 Å². The van der Waals surface area contributed by atoms with E-state index in [0.29, 0.717) is 0 Å². The Morgan fingerprint density at radius 1 is 0.167 bits per heavy atom. The van der Waals surface area contributed by atoms with E-state index in [9.17, 15) is 0 Å². The minimum Gasteiger partial charge on any atom is -0.0616 e. The van der Waals surface area contributed by atoms with Crippen LogP contribution in [0.3, 0.4) is 0 Å². The van der Waals surface area contributed by atoms with Crippen LogP contribution in [0.25, 0.3) is 131 Å². The third-order valence-corrected chi connectivity index (χ3v) is 13.1. The molecule has 0 aliphatic rings. The van der Waals surface area contributed by atoms with Crippen LogP contribution in [-0.2, 0) is 0 Å². The fourth-order valence-electron chi connectivity index (χ4n) is 10.4. The van der Waals surface area contributed by atoms with E-state index in [1.807, 2.05) is 0 Å². The molecule has 0 bridgehead atoms. The average Bonchev–Trinajstić information content (AvgIpc) is 3.31. The van der Waals surface area contributed by atoms with Gasteiger partial charge < -0.3 is 0 Å². The second kappa shape index (κ2) is 12.9. The van der Waals surface area contributed by atoms with E-state index in [0.717, 1.165) is 0 Å². The molecule has 0 aromatic heterocycles. The van der Waals surface area contributed by atoms with Gasteiger partial charge in [-0.25, -0.2) is 0 Å². The van der Waals surface area contributed by atoms with Crippen molar-refractivity contribution in [2.45, 2.75) is 0 Å². The molecule has 0 amide bonds. The Morgan fingerprint density at radius 2 is 0.400 bits per heavy atom. The first-order chi connectivity index (χ1) is 29.7. The molecule has 0 aliphatic heterocycles. The van der Waals surface area contributed by atoms with E-state index in [-0.39, 0.29) is 0 Å². The second-order valence-electron chi connectivity index (χ2n) is 16.4. The van der Waals surface area contributed by atoms with Crippen LogP contribution < -0.4 is 0 Å². The molecular formula is C60H36. The molecule has 0 heterocycles. The summed E-state index contributed by atoms with van der Waals surface area (Å²) in [5.41, 5.74) is 9.93. The van der Waals surface area contributed by atoms with Crippen molar-refractivity contribution in [3.8, 4) is 44.5 Å². The highest BCUT2D eigenvalue weighted by Gasteiger charge is 2.20. The molecule has 0 saturated heterocycles. The Hall–Kier alpha value is -7.80. The summed E-state index contributed by atoms with van der Waals surface area (Å²) in [5, 5.41) is 20.3. The van der Waals surface area contributed by atoms with Crippen LogP contribution >= 0.6 is 0 Å². The number of hydrogen-bond donors (Lipinski definition) is 0. The number of hydrogen-bond acceptors (Lipinski definition) is 0. The number of fused-ring (bicyclic) bond motifs is 6. The van der Waals surface area contributed by atoms with Crippen molar-refractivity contribution in [3.05, 3.63) is 218 Å². The average molecular weight is 757 g/mol. The summed E-state index contributed by atoms with van der Waals surface area (Å²) >= 11 is 0. The van der Waals surface area contributed by atoms with Crippen molar-refractivity contribution in [1.29, 1.82) is 0 Å². The molecule has 0 N–H and O–H groups in total. The van der Waals surface area contributed by atoms with Gasteiger partial charge in [0, 0.05) is 0 Å². The molecule has 60 heavy (non-hydrogen) atoms. The summed E-state index contributed by atoms with van der Waals surface area (Å²) in [7, 11) is 0. The van der Waals surface area contributed by atoms with Gasteiger partial charge in [0.1, 0.15) is 0 Å². The van der Waals surface area contributed by atoms with E-state index in [2.05, 4.69) is 218 Å². The molecule has 0 atom stereocenters. The maximum absolute atomic E-state index is 2.48. The second-order valence-corrected chi connectivity index (χ2v) is 16.4. The summed E-state index contributed by atoms with van der Waals surface area (Å²) in [4.78, 5) is 0. The van der Waals surface area contributed by atoms with Gasteiger partial charge in [0.15, 0.2) is 0 Å². The van der Waals surface area contributed by atoms with Crippen molar-refractivity contribution in [3.63, 3.8) is 0 Å². The van der Waals surface area contributed by atoms with E-state index in [4.69, 9.17) is 0 Å². The standard InChI is InChI=1S/C60H36/c1-5-21-47-37(13-1)17-9-25-51(47)41-29-45-30-42(52-26-10-18-38-14-2-6-22-48(38)52)35-57-58-36-44(54-28-12-20-40-16-4-8-24-50(40)54)32-46-31-43(34-56(60(46)58)55(33-41)59(45)57)53-27-11-19-39-15-3-7-23-49(39)53/h1-36H. The highest BCUT2D eigenvalue weighted by atomic mass is 14.2. The molecule has 13 rings (SSSR count). The topological polar surface area (TPSA) is 0 Å². The minimum absolute atomic E-state index is 1.23. The van der Waals surface area contributed by atoms with E-state index in [1.165, 1.54) is 131 Å². The number of rotatable bonds is 4. The lowest BCUT2D eigenvalue weighted by Gasteiger charge is -2.21. The zero-order valence-electron chi connectivity index (χ0n) is 32.8. The SMILES string of the molecule is c1ccc2c(-c3cc4cc(-c5cccc6ccccc56)cc5c6cc(-c7cccc8ccccc78)cc7cc(-c8cccc9ccccc89)cc(c(c3)c45)c76)cccc2c1. The molecule has 0 aliphatic carbocycles. The Kier molecular flexibility index (Phi) is 7.11. The maximum atomic E-state index is 2.48. The lowest BCUT2D eigenvalue weighted by Crippen LogP contribution is -1.93. The van der Waals surface area contributed by atoms with Gasteiger partial charge in [-0.1, -0.05) is 170 Å². The molecule has 276 valence electrons. The van der Waals surface area contributed by atoms with Crippen molar-refractivity contribution in [1.82, 2.24) is 0 Å². The molecule has 0 spiro atoms. The van der Waals surface area contributed by atoms with Crippen LogP contribution in [0.1, 0.15) is 0 Å². The molecule has 0 unspecified atom stereocenters. The summed E-state index contributed by atoms with van der Waals surface area (Å²) in [5.74, 6) is 0. The predicted octanol–water partition coefficient (Wildman–Crippen LogP) is 17.0. The van der Waals surface area contributed by atoms with Crippen LogP contribution in [-0.4, -0.2) is 0 Å². The van der Waals surface area contributed by atoms with Gasteiger partial charge in [-0.2, -0.15) is 0 Å². The summed E-state index contributed by atoms with van der Waals surface area (Å²) < 4.78 is 0. The van der Waals surface area contributed by atoms with Crippen molar-refractivity contribution < 1.29 is 0 Å². The molecule has 13 aromatic rings. The first-order valence-electron chi connectivity index (χ1n) is 20.9. The zero-order valence-corrected chi connectivity index (χ0v) is 32.8. The first-order valence-corrected chi connectivity index (χ1v) is 20.9. The van der Waals surface area contributed by atoms with Gasteiger partial charge in [0.05, 0.1) is 0 Å². The normalized spacial score (nSPS) is 12.0. The quantitative estimate of drug-likeness (QED) is 0.124. The minimum atomic E-state index is 1.23. The summed E-state index contributed by atoms with van der Waals surface area (Å²) in [6, 6.07) is 81.7. The van der Waals surface area contributed by atoms with Crippen molar-refractivity contribution >= 4 is 86.2 Å². The monoisotopic (exact) mass is 756 g/mol. The third kappa shape index (κ3) is 4.98. The summed E-state index contributed by atoms with van der Waals surface area (Å²) in [6.07, 6.45) is 0. The van der Waals surface area contributed by atoms with Gasteiger partial charge in [0.2, 0.25) is 0 Å². The van der Waals surface area contributed by atoms with E-state index in [1.54, 1.807) is 0 Å². The molecule has 0 fully saturated rings. The number of benzene rings is 13. The molecular weight excluding hydrogens is 721 g/mol. The molecule has 0 radical (unpaired) electrons. The van der Waals surface area contributed by atoms with Gasteiger partial charge in [0.25, 0.3) is 0 Å². The first kappa shape index (κ1) is 33.2. The Labute approximate surface area is 347 Å². The van der Waals surface area contributed by atoms with E-state index >= 15 is 0 Å². The van der Waals surface area contributed by atoms with Gasteiger partial charge in [-0.05, 0) is 179 Å². The fourth-order valence-corrected chi connectivity index (χ4v) is 10.4. The Balaban J connectivity index is 1.23. The Bertz CT molecular complexity index is 3360. The van der Waals surface area contributed by atoms with Gasteiger partial charge >= 0.3 is 0 Å². The molecule has 0 heteroatoms. The zero-order chi connectivity index (χ0) is 39.3. The van der Waals surface area contributed by atoms with Crippen LogP contribution in [0, 0.1) is 0 Å². The van der Waals surface area contributed by atoms with Crippen LogP contribution in [0.15, 0.2) is 218 Å². The molecule has 13 aromatic carbocycles. The molecule has 0 saturated carbocycles. The molecule has 0 nitrogen and oxygen atoms in total. The van der Waals surface area contributed by atoms with Crippen LogP contribution in [0.2, 0.25) is 0 Å². The van der Waals surface area contributed by atoms with Gasteiger partial charge in [-0.15, -0.1) is 0 Å². The van der Waals surface area contributed by atoms with E-state index < -0.39 is 0 Å². The highest BCUT2D eigenvalue weighted by Crippen LogP contribution is 2.48.